The lowest BCUT2D eigenvalue weighted by Gasteiger charge is -2.14. The Labute approximate surface area is 116 Å². The van der Waals surface area contributed by atoms with Gasteiger partial charge in [0, 0.05) is 32.5 Å². The minimum Gasteiger partial charge on any atom is -0.352 e. The van der Waals surface area contributed by atoms with Crippen LogP contribution in [-0.4, -0.2) is 51.1 Å². The number of carbonyl (C=O) groups is 1. The van der Waals surface area contributed by atoms with E-state index in [4.69, 9.17) is 4.52 Å². The van der Waals surface area contributed by atoms with Gasteiger partial charge in [0.1, 0.15) is 5.82 Å². The van der Waals surface area contributed by atoms with Crippen molar-refractivity contribution in [1.29, 1.82) is 0 Å². The molecular formula is C12H18N6O2. The fraction of sp³-hybridized carbons (Fsp3) is 0.500. The van der Waals surface area contributed by atoms with Crippen LogP contribution in [-0.2, 0) is 13.1 Å². The molecule has 2 aromatic rings. The van der Waals surface area contributed by atoms with Crippen LogP contribution in [0.4, 0.5) is 0 Å². The van der Waals surface area contributed by atoms with E-state index in [1.807, 2.05) is 25.1 Å². The van der Waals surface area contributed by atoms with Crippen molar-refractivity contribution in [3.63, 3.8) is 0 Å². The second-order valence-electron chi connectivity index (χ2n) is 4.50. The zero-order valence-electron chi connectivity index (χ0n) is 11.8. The minimum atomic E-state index is -0.350. The Morgan fingerprint density at radius 1 is 1.55 bits per heavy atom. The molecule has 0 radical (unpaired) electrons. The zero-order valence-corrected chi connectivity index (χ0v) is 11.8. The summed E-state index contributed by atoms with van der Waals surface area (Å²) in [6, 6.07) is 0. The fourth-order valence-corrected chi connectivity index (χ4v) is 1.75. The van der Waals surface area contributed by atoms with E-state index in [1.54, 1.807) is 6.20 Å². The molecule has 0 fully saturated rings. The van der Waals surface area contributed by atoms with Crippen molar-refractivity contribution in [2.75, 3.05) is 20.6 Å². The van der Waals surface area contributed by atoms with E-state index in [2.05, 4.69) is 25.0 Å². The Balaban J connectivity index is 1.85. The fourth-order valence-electron chi connectivity index (χ4n) is 1.75. The Morgan fingerprint density at radius 2 is 2.35 bits per heavy atom. The highest BCUT2D eigenvalue weighted by Crippen LogP contribution is 2.02. The molecule has 2 heterocycles. The zero-order chi connectivity index (χ0) is 14.5. The molecule has 8 heteroatoms. The molecule has 0 saturated carbocycles. The van der Waals surface area contributed by atoms with Crippen LogP contribution >= 0.6 is 0 Å². The van der Waals surface area contributed by atoms with Gasteiger partial charge in [0.2, 0.25) is 5.89 Å². The summed E-state index contributed by atoms with van der Waals surface area (Å²) in [7, 11) is 3.48. The maximum Gasteiger partial charge on any atom is 0.292 e. The summed E-state index contributed by atoms with van der Waals surface area (Å²) < 4.78 is 7.11. The number of aryl methyl sites for hydroxylation is 1. The van der Waals surface area contributed by atoms with Gasteiger partial charge in [0.15, 0.2) is 0 Å². The normalized spacial score (nSPS) is 11.0. The van der Waals surface area contributed by atoms with Gasteiger partial charge >= 0.3 is 0 Å². The monoisotopic (exact) mass is 278 g/mol. The average molecular weight is 278 g/mol. The van der Waals surface area contributed by atoms with Crippen molar-refractivity contribution < 1.29 is 9.32 Å². The van der Waals surface area contributed by atoms with Gasteiger partial charge in [-0.25, -0.2) is 4.98 Å². The molecule has 0 spiro atoms. The summed E-state index contributed by atoms with van der Waals surface area (Å²) >= 11 is 0. The maximum absolute atomic E-state index is 11.3. The number of nitrogens with one attached hydrogen (secondary N) is 1. The molecule has 0 unspecified atom stereocenters. The lowest BCUT2D eigenvalue weighted by atomic mass is 10.4. The van der Waals surface area contributed by atoms with Crippen LogP contribution in [0.2, 0.25) is 0 Å². The molecule has 8 nitrogen and oxygen atoms in total. The Bertz CT molecular complexity index is 576. The smallest absolute Gasteiger partial charge is 0.292 e. The molecule has 0 aliphatic carbocycles. The van der Waals surface area contributed by atoms with Gasteiger partial charge < -0.3 is 14.4 Å². The number of amides is 1. The summed E-state index contributed by atoms with van der Waals surface area (Å²) in [6.07, 6.45) is 3.72. The summed E-state index contributed by atoms with van der Waals surface area (Å²) in [5.74, 6) is 1.12. The molecule has 0 aliphatic heterocycles. The van der Waals surface area contributed by atoms with E-state index in [0.29, 0.717) is 12.4 Å². The van der Waals surface area contributed by atoms with Gasteiger partial charge in [-0.3, -0.25) is 9.69 Å². The van der Waals surface area contributed by atoms with E-state index in [9.17, 15) is 4.79 Å². The molecule has 20 heavy (non-hydrogen) atoms. The van der Waals surface area contributed by atoms with Crippen LogP contribution in [0.5, 0.6) is 0 Å². The molecule has 0 aliphatic rings. The first-order chi connectivity index (χ1) is 9.60. The van der Waals surface area contributed by atoms with E-state index in [-0.39, 0.29) is 11.7 Å². The number of carbonyl (C=O) groups excluding carboxylic acids is 1. The van der Waals surface area contributed by atoms with Gasteiger partial charge in [0.05, 0.1) is 6.54 Å². The van der Waals surface area contributed by atoms with Gasteiger partial charge in [-0.15, -0.1) is 0 Å². The summed E-state index contributed by atoms with van der Waals surface area (Å²) in [4.78, 5) is 21.6. The summed E-state index contributed by atoms with van der Waals surface area (Å²) in [5, 5.41) is 6.07. The number of rotatable bonds is 6. The van der Waals surface area contributed by atoms with Crippen LogP contribution < -0.4 is 5.32 Å². The number of likely N-dealkylation sites (N-methyl/N-ethyl adjacent to an activating group) is 1. The highest BCUT2D eigenvalue weighted by molar-refractivity contribution is 5.89. The number of aromatic nitrogens is 4. The summed E-state index contributed by atoms with van der Waals surface area (Å²) in [6.45, 7) is 4.11. The third-order valence-electron chi connectivity index (χ3n) is 2.95. The van der Waals surface area contributed by atoms with E-state index >= 15 is 0 Å². The number of nitrogens with zero attached hydrogens (tertiary/aromatic N) is 5. The van der Waals surface area contributed by atoms with Crippen molar-refractivity contribution in [2.45, 2.75) is 20.0 Å². The molecule has 0 aromatic carbocycles. The van der Waals surface area contributed by atoms with Gasteiger partial charge in [-0.05, 0) is 14.0 Å². The molecule has 2 rings (SSSR count). The largest absolute Gasteiger partial charge is 0.352 e. The van der Waals surface area contributed by atoms with Crippen molar-refractivity contribution in [3.05, 3.63) is 29.9 Å². The molecule has 1 N–H and O–H groups in total. The third-order valence-corrected chi connectivity index (χ3v) is 2.95. The minimum absolute atomic E-state index is 0.0568. The van der Waals surface area contributed by atoms with Crippen molar-refractivity contribution in [1.82, 2.24) is 29.9 Å². The first-order valence-corrected chi connectivity index (χ1v) is 6.31. The lowest BCUT2D eigenvalue weighted by molar-refractivity contribution is 0.0950. The second kappa shape index (κ2) is 6.29. The van der Waals surface area contributed by atoms with Crippen LogP contribution in [0.1, 0.15) is 22.3 Å². The average Bonchev–Trinajstić information content (AvgIpc) is 3.05. The lowest BCUT2D eigenvalue weighted by Crippen LogP contribution is -2.23. The molecular weight excluding hydrogens is 260 g/mol. The van der Waals surface area contributed by atoms with Crippen LogP contribution in [0.3, 0.4) is 0 Å². The van der Waals surface area contributed by atoms with Crippen molar-refractivity contribution in [2.24, 2.45) is 0 Å². The Kier molecular flexibility index (Phi) is 4.46. The standard InChI is InChI=1S/C12H18N6O2/c1-9-14-4-5-18(9)7-6-17(3)8-10-15-11(16-20-10)12(19)13-2/h4-5H,6-8H2,1-3H3,(H,13,19). The Hall–Kier alpha value is -2.22. The second-order valence-corrected chi connectivity index (χ2v) is 4.50. The quantitative estimate of drug-likeness (QED) is 0.804. The number of hydrogen-bond donors (Lipinski definition) is 1. The Morgan fingerprint density at radius 3 is 3.00 bits per heavy atom. The highest BCUT2D eigenvalue weighted by atomic mass is 16.5. The molecule has 1 amide bonds. The molecule has 0 atom stereocenters. The third kappa shape index (κ3) is 3.41. The molecule has 0 saturated heterocycles. The van der Waals surface area contributed by atoms with Gasteiger partial charge in [0.25, 0.3) is 11.7 Å². The van der Waals surface area contributed by atoms with Crippen molar-refractivity contribution in [3.8, 4) is 0 Å². The molecule has 2 aromatic heterocycles. The van der Waals surface area contributed by atoms with Crippen LogP contribution in [0.25, 0.3) is 0 Å². The molecule has 0 bridgehead atoms. The first kappa shape index (κ1) is 14.2. The van der Waals surface area contributed by atoms with E-state index in [1.165, 1.54) is 7.05 Å². The first-order valence-electron chi connectivity index (χ1n) is 6.31. The van der Waals surface area contributed by atoms with E-state index in [0.717, 1.165) is 18.9 Å². The van der Waals surface area contributed by atoms with Gasteiger partial charge in [-0.1, -0.05) is 5.16 Å². The number of imidazole rings is 1. The topological polar surface area (TPSA) is 89.1 Å². The summed E-state index contributed by atoms with van der Waals surface area (Å²) in [5.41, 5.74) is 0. The van der Waals surface area contributed by atoms with Crippen LogP contribution in [0.15, 0.2) is 16.9 Å². The highest BCUT2D eigenvalue weighted by Gasteiger charge is 2.14. The van der Waals surface area contributed by atoms with Crippen molar-refractivity contribution >= 4 is 5.91 Å². The maximum atomic E-state index is 11.3. The number of hydrogen-bond acceptors (Lipinski definition) is 6. The molecule has 108 valence electrons. The predicted molar refractivity (Wildman–Crippen MR) is 71.0 cm³/mol. The SMILES string of the molecule is CNC(=O)c1noc(CN(C)CCn2ccnc2C)n1. The van der Waals surface area contributed by atoms with E-state index < -0.39 is 0 Å². The van der Waals surface area contributed by atoms with Gasteiger partial charge in [-0.2, -0.15) is 4.98 Å². The predicted octanol–water partition coefficient (Wildman–Crippen LogP) is 0.0661. The van der Waals surface area contributed by atoms with Crippen LogP contribution in [0, 0.1) is 6.92 Å².